The van der Waals surface area contributed by atoms with E-state index in [2.05, 4.69) is 41.2 Å². The number of rotatable bonds is 2. The summed E-state index contributed by atoms with van der Waals surface area (Å²) in [5.41, 5.74) is 1.19. The molecule has 222 valence electrons. The topological polar surface area (TPSA) is 186 Å². The summed E-state index contributed by atoms with van der Waals surface area (Å²) in [5.74, 6) is -0.652. The summed E-state index contributed by atoms with van der Waals surface area (Å²) >= 11 is 5.94. The molecule has 2 aliphatic heterocycles. The number of anilines is 2. The molecule has 2 atom stereocenters. The standard InChI is InChI=1S/C13H17ClN4O3.C13H18N4O3/c1-13(2,3)21-12(20)17-8-5-4-7-9(18-11(8)19)10(14)16-6-15-7;1-13(2,3)20-12(19)17-9-5-4-8-10(16-11(9)18)6-14-7-15-8/h6,8H,4-5H2,1-3H3,(H,17,20)(H,18,19);6-7,9H,4-5H2,1-3H3,(H,16,18)(H,17,19)/t8-;9-/m00/s1. The minimum atomic E-state index is -0.704. The van der Waals surface area contributed by atoms with E-state index in [1.807, 2.05) is 0 Å². The van der Waals surface area contributed by atoms with Crippen LogP contribution < -0.4 is 21.3 Å². The molecule has 0 fully saturated rings. The zero-order chi connectivity index (χ0) is 30.4. The Labute approximate surface area is 242 Å². The normalized spacial score (nSPS) is 18.4. The lowest BCUT2D eigenvalue weighted by molar-refractivity contribution is -0.118. The van der Waals surface area contributed by atoms with E-state index in [0.29, 0.717) is 42.8 Å². The second-order valence-corrected chi connectivity index (χ2v) is 11.7. The molecule has 4 N–H and O–H groups in total. The molecule has 4 amide bonds. The van der Waals surface area contributed by atoms with Crippen molar-refractivity contribution in [1.29, 1.82) is 0 Å². The second kappa shape index (κ2) is 13.1. The highest BCUT2D eigenvalue weighted by Crippen LogP contribution is 2.26. The van der Waals surface area contributed by atoms with Gasteiger partial charge in [0.15, 0.2) is 5.15 Å². The van der Waals surface area contributed by atoms with Gasteiger partial charge in [0.25, 0.3) is 0 Å². The molecule has 2 aromatic rings. The molecule has 4 heterocycles. The molecular weight excluding hydrogens is 556 g/mol. The van der Waals surface area contributed by atoms with Crippen LogP contribution in [0, 0.1) is 0 Å². The van der Waals surface area contributed by atoms with Crippen molar-refractivity contribution in [2.75, 3.05) is 10.6 Å². The summed E-state index contributed by atoms with van der Waals surface area (Å²) in [5, 5.41) is 10.7. The van der Waals surface area contributed by atoms with Crippen LogP contribution in [0.2, 0.25) is 5.15 Å². The van der Waals surface area contributed by atoms with Gasteiger partial charge in [0.2, 0.25) is 11.8 Å². The van der Waals surface area contributed by atoms with Crippen LogP contribution in [0.5, 0.6) is 0 Å². The van der Waals surface area contributed by atoms with Crippen molar-refractivity contribution >= 4 is 47.0 Å². The van der Waals surface area contributed by atoms with Crippen molar-refractivity contribution in [2.24, 2.45) is 0 Å². The molecule has 15 heteroatoms. The number of hydrogen-bond donors (Lipinski definition) is 4. The lowest BCUT2D eigenvalue weighted by Crippen LogP contribution is -2.45. The highest BCUT2D eigenvalue weighted by Gasteiger charge is 2.29. The fraction of sp³-hybridized carbons (Fsp3) is 0.538. The number of nitrogens with one attached hydrogen (secondary N) is 4. The van der Waals surface area contributed by atoms with Crippen LogP contribution >= 0.6 is 11.6 Å². The van der Waals surface area contributed by atoms with Crippen molar-refractivity contribution in [1.82, 2.24) is 30.6 Å². The SMILES string of the molecule is CC(C)(C)OC(=O)N[C@H]1CCc2ncnc(Cl)c2NC1=O.CC(C)(C)OC(=O)N[C@H]1CCc2ncncc2NC1=O. The first-order chi connectivity index (χ1) is 19.1. The van der Waals surface area contributed by atoms with E-state index in [-0.39, 0.29) is 17.0 Å². The summed E-state index contributed by atoms with van der Waals surface area (Å²) in [6.07, 6.45) is 5.05. The van der Waals surface area contributed by atoms with Crippen LogP contribution in [0.3, 0.4) is 0 Å². The van der Waals surface area contributed by atoms with E-state index in [1.54, 1.807) is 47.7 Å². The number of amides is 4. The summed E-state index contributed by atoms with van der Waals surface area (Å²) in [6, 6.07) is -1.34. The van der Waals surface area contributed by atoms with Crippen LogP contribution in [0.15, 0.2) is 18.9 Å². The smallest absolute Gasteiger partial charge is 0.408 e. The first kappa shape index (κ1) is 31.5. The molecule has 0 saturated heterocycles. The summed E-state index contributed by atoms with van der Waals surface area (Å²) in [7, 11) is 0. The van der Waals surface area contributed by atoms with Crippen LogP contribution in [0.25, 0.3) is 0 Å². The molecular formula is C26H35ClN8O6. The van der Waals surface area contributed by atoms with Crippen LogP contribution in [-0.2, 0) is 31.9 Å². The molecule has 0 unspecified atom stereocenters. The number of aromatic nitrogens is 4. The summed E-state index contributed by atoms with van der Waals surface area (Å²) < 4.78 is 10.3. The maximum absolute atomic E-state index is 12.1. The minimum absolute atomic E-state index is 0.186. The van der Waals surface area contributed by atoms with Gasteiger partial charge in [0, 0.05) is 0 Å². The highest BCUT2D eigenvalue weighted by molar-refractivity contribution is 6.32. The van der Waals surface area contributed by atoms with Crippen molar-refractivity contribution in [3.8, 4) is 0 Å². The number of halogens is 1. The zero-order valence-electron chi connectivity index (χ0n) is 23.8. The number of nitrogens with zero attached hydrogens (tertiary/aromatic N) is 4. The molecule has 14 nitrogen and oxygen atoms in total. The maximum atomic E-state index is 12.1. The Morgan fingerprint density at radius 2 is 1.34 bits per heavy atom. The maximum Gasteiger partial charge on any atom is 0.408 e. The van der Waals surface area contributed by atoms with Gasteiger partial charge in [-0.3, -0.25) is 9.59 Å². The van der Waals surface area contributed by atoms with Crippen LogP contribution in [0.4, 0.5) is 21.0 Å². The molecule has 2 aromatic heterocycles. The first-order valence-electron chi connectivity index (χ1n) is 13.0. The number of ether oxygens (including phenoxy) is 2. The molecule has 0 spiro atoms. The molecule has 0 saturated carbocycles. The zero-order valence-corrected chi connectivity index (χ0v) is 24.6. The van der Waals surface area contributed by atoms with Crippen molar-refractivity contribution < 1.29 is 28.7 Å². The second-order valence-electron chi connectivity index (χ2n) is 11.3. The Morgan fingerprint density at radius 1 is 0.829 bits per heavy atom. The first-order valence-corrected chi connectivity index (χ1v) is 13.4. The van der Waals surface area contributed by atoms with Crippen molar-refractivity contribution in [2.45, 2.75) is 90.5 Å². The van der Waals surface area contributed by atoms with Crippen LogP contribution in [-0.4, -0.2) is 67.2 Å². The van der Waals surface area contributed by atoms with Crippen molar-refractivity contribution in [3.63, 3.8) is 0 Å². The predicted molar refractivity (Wildman–Crippen MR) is 149 cm³/mol. The summed E-state index contributed by atoms with van der Waals surface area (Å²) in [6.45, 7) is 10.6. The van der Waals surface area contributed by atoms with Gasteiger partial charge in [0.1, 0.15) is 41.6 Å². The molecule has 2 aliphatic rings. The highest BCUT2D eigenvalue weighted by atomic mass is 35.5. The number of carbonyl (C=O) groups excluding carboxylic acids is 4. The van der Waals surface area contributed by atoms with Gasteiger partial charge >= 0.3 is 12.2 Å². The number of aryl methyl sites for hydroxylation is 2. The van der Waals surface area contributed by atoms with E-state index >= 15 is 0 Å². The Balaban J connectivity index is 0.000000226. The van der Waals surface area contributed by atoms with Gasteiger partial charge < -0.3 is 30.7 Å². The number of hydrogen-bond acceptors (Lipinski definition) is 10. The third kappa shape index (κ3) is 9.81. The molecule has 41 heavy (non-hydrogen) atoms. The lowest BCUT2D eigenvalue weighted by Gasteiger charge is -2.22. The average Bonchev–Trinajstić information content (AvgIpc) is 3.10. The lowest BCUT2D eigenvalue weighted by atomic mass is 10.1. The molecule has 0 aliphatic carbocycles. The molecule has 0 bridgehead atoms. The third-order valence-corrected chi connectivity index (χ3v) is 5.82. The van der Waals surface area contributed by atoms with E-state index in [0.717, 1.165) is 5.69 Å². The van der Waals surface area contributed by atoms with E-state index in [1.165, 1.54) is 12.7 Å². The van der Waals surface area contributed by atoms with E-state index in [4.69, 9.17) is 21.1 Å². The van der Waals surface area contributed by atoms with Gasteiger partial charge in [-0.25, -0.2) is 29.5 Å². The Kier molecular flexibility index (Phi) is 10.0. The van der Waals surface area contributed by atoms with Gasteiger partial charge in [-0.05, 0) is 67.2 Å². The predicted octanol–water partition coefficient (Wildman–Crippen LogP) is 3.16. The fourth-order valence-corrected chi connectivity index (χ4v) is 4.00. The fourth-order valence-electron chi connectivity index (χ4n) is 3.80. The Bertz CT molecular complexity index is 1290. The summed E-state index contributed by atoms with van der Waals surface area (Å²) in [4.78, 5) is 63.6. The van der Waals surface area contributed by atoms with E-state index < -0.39 is 35.5 Å². The third-order valence-electron chi connectivity index (χ3n) is 5.53. The molecule has 0 aromatic carbocycles. The van der Waals surface area contributed by atoms with Gasteiger partial charge in [0.05, 0.1) is 23.3 Å². The average molecular weight is 591 g/mol. The van der Waals surface area contributed by atoms with Gasteiger partial charge in [-0.2, -0.15) is 0 Å². The molecule has 0 radical (unpaired) electrons. The van der Waals surface area contributed by atoms with Crippen LogP contribution in [0.1, 0.15) is 65.8 Å². The monoisotopic (exact) mass is 590 g/mol. The Morgan fingerprint density at radius 3 is 1.90 bits per heavy atom. The number of carbonyl (C=O) groups is 4. The molecule has 4 rings (SSSR count). The van der Waals surface area contributed by atoms with Gasteiger partial charge in [-0.15, -0.1) is 0 Å². The van der Waals surface area contributed by atoms with Crippen molar-refractivity contribution in [3.05, 3.63) is 35.4 Å². The number of alkyl carbamates (subject to hydrolysis) is 2. The Hall–Kier alpha value is -4.07. The van der Waals surface area contributed by atoms with Gasteiger partial charge in [-0.1, -0.05) is 11.6 Å². The largest absolute Gasteiger partial charge is 0.444 e. The minimum Gasteiger partial charge on any atom is -0.444 e. The quantitative estimate of drug-likeness (QED) is 0.378. The van der Waals surface area contributed by atoms with E-state index in [9.17, 15) is 19.2 Å². The number of fused-ring (bicyclic) bond motifs is 2.